The third-order valence-corrected chi connectivity index (χ3v) is 2.47. The summed E-state index contributed by atoms with van der Waals surface area (Å²) in [7, 11) is 0. The van der Waals surface area contributed by atoms with Crippen molar-refractivity contribution in [2.24, 2.45) is 0 Å². The molecule has 1 heterocycles. The Balaban J connectivity index is 2.42. The zero-order valence-corrected chi connectivity index (χ0v) is 7.93. The molecule has 1 aliphatic rings. The van der Waals surface area contributed by atoms with Crippen LogP contribution in [0.1, 0.15) is 30.3 Å². The lowest BCUT2D eigenvalue weighted by Gasteiger charge is -2.00. The first kappa shape index (κ1) is 7.22. The highest BCUT2D eigenvalue weighted by atomic mass is 79.9. The highest BCUT2D eigenvalue weighted by Crippen LogP contribution is 2.41. The Labute approximate surface area is 74.2 Å². The van der Waals surface area contributed by atoms with E-state index >= 15 is 0 Å². The van der Waals surface area contributed by atoms with Crippen LogP contribution in [-0.2, 0) is 0 Å². The summed E-state index contributed by atoms with van der Waals surface area (Å²) in [5.74, 6) is 1.57. The van der Waals surface area contributed by atoms with Gasteiger partial charge in [0, 0.05) is 12.1 Å². The van der Waals surface area contributed by atoms with Crippen molar-refractivity contribution in [3.8, 4) is 0 Å². The standard InChI is InChI=1S/C8H9BrN2/c1-5-10-4-7(9)8(11-5)6-2-3-6/h4,6H,2-3H2,1H3. The number of nitrogens with zero attached hydrogens (tertiary/aromatic N) is 2. The minimum absolute atomic E-state index is 0.700. The lowest BCUT2D eigenvalue weighted by atomic mass is 10.3. The molecule has 1 fully saturated rings. The second kappa shape index (κ2) is 2.55. The van der Waals surface area contributed by atoms with Crippen LogP contribution in [0, 0.1) is 6.92 Å². The average molecular weight is 213 g/mol. The molecular formula is C8H9BrN2. The third kappa shape index (κ3) is 1.43. The second-order valence-electron chi connectivity index (χ2n) is 2.92. The first-order valence-corrected chi connectivity index (χ1v) is 4.55. The van der Waals surface area contributed by atoms with Gasteiger partial charge in [-0.3, -0.25) is 0 Å². The molecule has 0 unspecified atom stereocenters. The number of hydrogen-bond donors (Lipinski definition) is 0. The SMILES string of the molecule is Cc1ncc(Br)c(C2CC2)n1. The molecule has 0 N–H and O–H groups in total. The third-order valence-electron chi connectivity index (χ3n) is 1.86. The summed E-state index contributed by atoms with van der Waals surface area (Å²) in [6.07, 6.45) is 4.42. The van der Waals surface area contributed by atoms with Crippen LogP contribution in [0.4, 0.5) is 0 Å². The predicted molar refractivity (Wildman–Crippen MR) is 46.4 cm³/mol. The zero-order chi connectivity index (χ0) is 7.84. The molecular weight excluding hydrogens is 204 g/mol. The zero-order valence-electron chi connectivity index (χ0n) is 6.34. The van der Waals surface area contributed by atoms with Gasteiger partial charge >= 0.3 is 0 Å². The molecule has 2 rings (SSSR count). The van der Waals surface area contributed by atoms with Crippen molar-refractivity contribution in [2.45, 2.75) is 25.7 Å². The van der Waals surface area contributed by atoms with Crippen LogP contribution in [0.3, 0.4) is 0 Å². The molecule has 3 heteroatoms. The molecule has 11 heavy (non-hydrogen) atoms. The smallest absolute Gasteiger partial charge is 0.125 e. The Morgan fingerprint density at radius 1 is 1.55 bits per heavy atom. The summed E-state index contributed by atoms with van der Waals surface area (Å²) < 4.78 is 1.06. The van der Waals surface area contributed by atoms with E-state index in [1.54, 1.807) is 0 Å². The van der Waals surface area contributed by atoms with Crippen molar-refractivity contribution in [3.63, 3.8) is 0 Å². The summed E-state index contributed by atoms with van der Waals surface area (Å²) in [6, 6.07) is 0. The fraction of sp³-hybridized carbons (Fsp3) is 0.500. The quantitative estimate of drug-likeness (QED) is 0.715. The van der Waals surface area contributed by atoms with Crippen LogP contribution >= 0.6 is 15.9 Å². The summed E-state index contributed by atoms with van der Waals surface area (Å²) in [6.45, 7) is 1.93. The number of rotatable bonds is 1. The van der Waals surface area contributed by atoms with Gasteiger partial charge in [-0.25, -0.2) is 9.97 Å². The molecule has 0 radical (unpaired) electrons. The second-order valence-corrected chi connectivity index (χ2v) is 3.78. The monoisotopic (exact) mass is 212 g/mol. The van der Waals surface area contributed by atoms with Crippen LogP contribution in [0.15, 0.2) is 10.7 Å². The summed E-state index contributed by atoms with van der Waals surface area (Å²) in [4.78, 5) is 8.47. The summed E-state index contributed by atoms with van der Waals surface area (Å²) in [5.41, 5.74) is 1.19. The molecule has 0 spiro atoms. The van der Waals surface area contributed by atoms with Crippen LogP contribution in [-0.4, -0.2) is 9.97 Å². The minimum Gasteiger partial charge on any atom is -0.240 e. The topological polar surface area (TPSA) is 25.8 Å². The van der Waals surface area contributed by atoms with Gasteiger partial charge in [0.2, 0.25) is 0 Å². The van der Waals surface area contributed by atoms with E-state index < -0.39 is 0 Å². The number of halogens is 1. The molecule has 1 aromatic rings. The Hall–Kier alpha value is -0.440. The Morgan fingerprint density at radius 3 is 2.91 bits per heavy atom. The van der Waals surface area contributed by atoms with Gasteiger partial charge in [0.05, 0.1) is 10.2 Å². The first-order chi connectivity index (χ1) is 5.27. The van der Waals surface area contributed by atoms with Gasteiger partial charge in [0.25, 0.3) is 0 Å². The van der Waals surface area contributed by atoms with Crippen molar-refractivity contribution in [2.75, 3.05) is 0 Å². The average Bonchev–Trinajstić information content (AvgIpc) is 2.76. The van der Waals surface area contributed by atoms with Crippen molar-refractivity contribution in [3.05, 3.63) is 22.2 Å². The van der Waals surface area contributed by atoms with Crippen LogP contribution in [0.2, 0.25) is 0 Å². The molecule has 1 saturated carbocycles. The Kier molecular flexibility index (Phi) is 1.68. The van der Waals surface area contributed by atoms with Crippen molar-refractivity contribution in [1.29, 1.82) is 0 Å². The first-order valence-electron chi connectivity index (χ1n) is 3.76. The molecule has 2 nitrogen and oxygen atoms in total. The lowest BCUT2D eigenvalue weighted by molar-refractivity contribution is 0.928. The maximum atomic E-state index is 4.38. The predicted octanol–water partition coefficient (Wildman–Crippen LogP) is 2.42. The van der Waals surface area contributed by atoms with Gasteiger partial charge in [-0.2, -0.15) is 0 Å². The highest BCUT2D eigenvalue weighted by molar-refractivity contribution is 9.10. The number of hydrogen-bond acceptors (Lipinski definition) is 2. The van der Waals surface area contributed by atoms with E-state index in [1.807, 2.05) is 13.1 Å². The molecule has 0 atom stereocenters. The molecule has 1 aliphatic carbocycles. The molecule has 0 bridgehead atoms. The molecule has 0 amide bonds. The summed E-state index contributed by atoms with van der Waals surface area (Å²) >= 11 is 3.45. The largest absolute Gasteiger partial charge is 0.240 e. The van der Waals surface area contributed by atoms with E-state index in [0.717, 1.165) is 10.3 Å². The molecule has 1 aromatic heterocycles. The molecule has 0 saturated heterocycles. The van der Waals surface area contributed by atoms with Crippen molar-refractivity contribution >= 4 is 15.9 Å². The van der Waals surface area contributed by atoms with E-state index in [-0.39, 0.29) is 0 Å². The lowest BCUT2D eigenvalue weighted by Crippen LogP contribution is -1.93. The number of aryl methyl sites for hydroxylation is 1. The molecule has 58 valence electrons. The van der Waals surface area contributed by atoms with Gasteiger partial charge in [-0.05, 0) is 35.7 Å². The highest BCUT2D eigenvalue weighted by Gasteiger charge is 2.27. The van der Waals surface area contributed by atoms with E-state index in [4.69, 9.17) is 0 Å². The van der Waals surface area contributed by atoms with Gasteiger partial charge in [0.15, 0.2) is 0 Å². The number of aromatic nitrogens is 2. The van der Waals surface area contributed by atoms with E-state index in [1.165, 1.54) is 18.5 Å². The maximum absolute atomic E-state index is 4.38. The Bertz CT molecular complexity index is 281. The van der Waals surface area contributed by atoms with Gasteiger partial charge in [0.1, 0.15) is 5.82 Å². The van der Waals surface area contributed by atoms with Crippen LogP contribution < -0.4 is 0 Å². The van der Waals surface area contributed by atoms with Crippen molar-refractivity contribution < 1.29 is 0 Å². The Morgan fingerprint density at radius 2 is 2.27 bits per heavy atom. The van der Waals surface area contributed by atoms with Gasteiger partial charge in [-0.15, -0.1) is 0 Å². The van der Waals surface area contributed by atoms with Gasteiger partial charge < -0.3 is 0 Å². The van der Waals surface area contributed by atoms with E-state index in [9.17, 15) is 0 Å². The fourth-order valence-corrected chi connectivity index (χ4v) is 1.63. The molecule has 0 aromatic carbocycles. The van der Waals surface area contributed by atoms with Gasteiger partial charge in [-0.1, -0.05) is 0 Å². The maximum Gasteiger partial charge on any atom is 0.125 e. The van der Waals surface area contributed by atoms with Crippen LogP contribution in [0.25, 0.3) is 0 Å². The minimum atomic E-state index is 0.700. The normalized spacial score (nSPS) is 16.9. The molecule has 0 aliphatic heterocycles. The fourth-order valence-electron chi connectivity index (χ4n) is 1.12. The van der Waals surface area contributed by atoms with Crippen molar-refractivity contribution in [1.82, 2.24) is 9.97 Å². The van der Waals surface area contributed by atoms with E-state index in [2.05, 4.69) is 25.9 Å². The summed E-state index contributed by atoms with van der Waals surface area (Å²) in [5, 5.41) is 0. The van der Waals surface area contributed by atoms with Crippen LogP contribution in [0.5, 0.6) is 0 Å². The van der Waals surface area contributed by atoms with E-state index in [0.29, 0.717) is 5.92 Å².